The van der Waals surface area contributed by atoms with E-state index in [0.717, 1.165) is 13.0 Å². The van der Waals surface area contributed by atoms with Crippen LogP contribution in [0.25, 0.3) is 10.8 Å². The van der Waals surface area contributed by atoms with E-state index in [4.69, 9.17) is 4.74 Å². The molecular weight excluding hydrogens is 270 g/mol. The zero-order valence-electron chi connectivity index (χ0n) is 13.9. The summed E-state index contributed by atoms with van der Waals surface area (Å²) in [5.41, 5.74) is 1.33. The van der Waals surface area contributed by atoms with Gasteiger partial charge in [-0.1, -0.05) is 62.4 Å². The Hall–Kier alpha value is -1.64. The van der Waals surface area contributed by atoms with Crippen molar-refractivity contribution in [2.24, 2.45) is 5.92 Å². The van der Waals surface area contributed by atoms with Crippen LogP contribution in [0, 0.1) is 5.92 Å². The SMILES string of the molecule is C=CC[C@H](N[C@H](COC)C(C)C)c1cccc2ccccc12. The molecule has 1 N–H and O–H groups in total. The molecule has 0 saturated heterocycles. The van der Waals surface area contributed by atoms with Crippen LogP contribution < -0.4 is 5.32 Å². The highest BCUT2D eigenvalue weighted by atomic mass is 16.5. The van der Waals surface area contributed by atoms with Crippen LogP contribution in [0.3, 0.4) is 0 Å². The summed E-state index contributed by atoms with van der Waals surface area (Å²) in [7, 11) is 1.76. The standard InChI is InChI=1S/C20H27NO/c1-5-9-19(21-20(14-22-4)15(2)3)18-13-8-11-16-10-6-7-12-17(16)18/h5-8,10-13,15,19-21H,1,9,14H2,2-4H3/t19-,20+/m0/s1. The molecule has 2 rings (SSSR count). The third-order valence-electron chi connectivity index (χ3n) is 4.17. The average Bonchev–Trinajstić information content (AvgIpc) is 2.53. The summed E-state index contributed by atoms with van der Waals surface area (Å²) in [5, 5.41) is 6.36. The van der Waals surface area contributed by atoms with E-state index in [-0.39, 0.29) is 6.04 Å². The molecule has 2 heteroatoms. The molecule has 118 valence electrons. The van der Waals surface area contributed by atoms with Crippen LogP contribution in [0.1, 0.15) is 31.9 Å². The predicted molar refractivity (Wildman–Crippen MR) is 95.1 cm³/mol. The van der Waals surface area contributed by atoms with Crippen molar-refractivity contribution in [1.82, 2.24) is 5.32 Å². The minimum Gasteiger partial charge on any atom is -0.383 e. The lowest BCUT2D eigenvalue weighted by atomic mass is 9.94. The summed E-state index contributed by atoms with van der Waals surface area (Å²) in [6.45, 7) is 9.11. The maximum atomic E-state index is 5.38. The summed E-state index contributed by atoms with van der Waals surface area (Å²) in [6.07, 6.45) is 2.89. The zero-order valence-corrected chi connectivity index (χ0v) is 13.9. The number of methoxy groups -OCH3 is 1. The second-order valence-corrected chi connectivity index (χ2v) is 6.12. The summed E-state index contributed by atoms with van der Waals surface area (Å²) in [5.74, 6) is 0.516. The maximum absolute atomic E-state index is 5.38. The minimum absolute atomic E-state index is 0.256. The fraction of sp³-hybridized carbons (Fsp3) is 0.400. The lowest BCUT2D eigenvalue weighted by molar-refractivity contribution is 0.140. The number of ether oxygens (including phenoxy) is 1. The molecular formula is C20H27NO. The third-order valence-corrected chi connectivity index (χ3v) is 4.17. The van der Waals surface area contributed by atoms with E-state index in [1.807, 2.05) is 6.08 Å². The first-order valence-corrected chi connectivity index (χ1v) is 8.01. The Kier molecular flexibility index (Phi) is 6.17. The summed E-state index contributed by atoms with van der Waals surface area (Å²) in [6, 6.07) is 15.7. The van der Waals surface area contributed by atoms with Gasteiger partial charge in [-0.15, -0.1) is 6.58 Å². The highest BCUT2D eigenvalue weighted by Gasteiger charge is 2.20. The highest BCUT2D eigenvalue weighted by Crippen LogP contribution is 2.27. The number of nitrogens with one attached hydrogen (secondary N) is 1. The minimum atomic E-state index is 0.256. The first-order chi connectivity index (χ1) is 10.7. The molecule has 0 aliphatic carbocycles. The van der Waals surface area contributed by atoms with E-state index < -0.39 is 0 Å². The Morgan fingerprint density at radius 1 is 1.14 bits per heavy atom. The molecule has 0 heterocycles. The van der Waals surface area contributed by atoms with Gasteiger partial charge in [-0.25, -0.2) is 0 Å². The Balaban J connectivity index is 2.35. The number of hydrogen-bond acceptors (Lipinski definition) is 2. The molecule has 22 heavy (non-hydrogen) atoms. The molecule has 0 unspecified atom stereocenters. The second-order valence-electron chi connectivity index (χ2n) is 6.12. The molecule has 0 spiro atoms. The van der Waals surface area contributed by atoms with Crippen molar-refractivity contribution in [3.63, 3.8) is 0 Å². The largest absolute Gasteiger partial charge is 0.383 e. The first-order valence-electron chi connectivity index (χ1n) is 8.01. The number of fused-ring (bicyclic) bond motifs is 1. The summed E-state index contributed by atoms with van der Waals surface area (Å²) >= 11 is 0. The zero-order chi connectivity index (χ0) is 15.9. The molecule has 0 radical (unpaired) electrons. The van der Waals surface area contributed by atoms with E-state index in [1.165, 1.54) is 16.3 Å². The van der Waals surface area contributed by atoms with Gasteiger partial charge in [0.15, 0.2) is 0 Å². The molecule has 0 saturated carbocycles. The van der Waals surface area contributed by atoms with Gasteiger partial charge in [-0.2, -0.15) is 0 Å². The van der Waals surface area contributed by atoms with Gasteiger partial charge in [0, 0.05) is 19.2 Å². The van der Waals surface area contributed by atoms with Crippen LogP contribution >= 0.6 is 0 Å². The van der Waals surface area contributed by atoms with Crippen molar-refractivity contribution in [3.8, 4) is 0 Å². The smallest absolute Gasteiger partial charge is 0.0618 e. The summed E-state index contributed by atoms with van der Waals surface area (Å²) < 4.78 is 5.38. The fourth-order valence-corrected chi connectivity index (χ4v) is 2.88. The van der Waals surface area contributed by atoms with Gasteiger partial charge in [0.05, 0.1) is 6.61 Å². The molecule has 0 aliphatic heterocycles. The van der Waals surface area contributed by atoms with Crippen molar-refractivity contribution in [3.05, 3.63) is 60.7 Å². The van der Waals surface area contributed by atoms with Gasteiger partial charge < -0.3 is 10.1 Å². The van der Waals surface area contributed by atoms with E-state index in [9.17, 15) is 0 Å². The van der Waals surface area contributed by atoms with Crippen molar-refractivity contribution in [2.75, 3.05) is 13.7 Å². The Bertz CT molecular complexity index is 600. The molecule has 0 fully saturated rings. The number of rotatable bonds is 8. The molecule has 0 amide bonds. The average molecular weight is 297 g/mol. The molecule has 2 aromatic rings. The third kappa shape index (κ3) is 3.96. The topological polar surface area (TPSA) is 21.3 Å². The Labute approximate surface area is 134 Å². The Morgan fingerprint density at radius 3 is 2.55 bits per heavy atom. The van der Waals surface area contributed by atoms with Crippen LogP contribution in [0.4, 0.5) is 0 Å². The van der Waals surface area contributed by atoms with Crippen molar-refractivity contribution in [2.45, 2.75) is 32.4 Å². The van der Waals surface area contributed by atoms with Crippen molar-refractivity contribution in [1.29, 1.82) is 0 Å². The van der Waals surface area contributed by atoms with Crippen LogP contribution in [0.2, 0.25) is 0 Å². The molecule has 0 aliphatic rings. The van der Waals surface area contributed by atoms with E-state index >= 15 is 0 Å². The van der Waals surface area contributed by atoms with Gasteiger partial charge in [0.25, 0.3) is 0 Å². The van der Waals surface area contributed by atoms with Crippen molar-refractivity contribution >= 4 is 10.8 Å². The molecule has 2 aromatic carbocycles. The van der Waals surface area contributed by atoms with E-state index in [1.54, 1.807) is 7.11 Å². The van der Waals surface area contributed by atoms with Gasteiger partial charge in [-0.3, -0.25) is 0 Å². The first kappa shape index (κ1) is 16.7. The molecule has 2 nitrogen and oxygen atoms in total. The lowest BCUT2D eigenvalue weighted by Gasteiger charge is -2.28. The van der Waals surface area contributed by atoms with E-state index in [2.05, 4.69) is 68.2 Å². The van der Waals surface area contributed by atoms with Crippen LogP contribution in [0.15, 0.2) is 55.1 Å². The molecule has 0 bridgehead atoms. The predicted octanol–water partition coefficient (Wildman–Crippen LogP) is 4.72. The van der Waals surface area contributed by atoms with Gasteiger partial charge in [0.1, 0.15) is 0 Å². The fourth-order valence-electron chi connectivity index (χ4n) is 2.88. The molecule has 2 atom stereocenters. The van der Waals surface area contributed by atoms with Crippen LogP contribution in [-0.4, -0.2) is 19.8 Å². The molecule has 0 aromatic heterocycles. The quantitative estimate of drug-likeness (QED) is 0.712. The van der Waals surface area contributed by atoms with Crippen LogP contribution in [-0.2, 0) is 4.74 Å². The van der Waals surface area contributed by atoms with E-state index in [0.29, 0.717) is 12.0 Å². The normalized spacial score (nSPS) is 14.2. The monoisotopic (exact) mass is 297 g/mol. The lowest BCUT2D eigenvalue weighted by Crippen LogP contribution is -2.40. The maximum Gasteiger partial charge on any atom is 0.0618 e. The van der Waals surface area contributed by atoms with Gasteiger partial charge >= 0.3 is 0 Å². The van der Waals surface area contributed by atoms with Crippen molar-refractivity contribution < 1.29 is 4.74 Å². The second kappa shape index (κ2) is 8.11. The van der Waals surface area contributed by atoms with Gasteiger partial charge in [0.2, 0.25) is 0 Å². The van der Waals surface area contributed by atoms with Gasteiger partial charge in [-0.05, 0) is 28.7 Å². The summed E-state index contributed by atoms with van der Waals surface area (Å²) in [4.78, 5) is 0. The number of benzene rings is 2. The van der Waals surface area contributed by atoms with Crippen LogP contribution in [0.5, 0.6) is 0 Å². The number of hydrogen-bond donors (Lipinski definition) is 1. The highest BCUT2D eigenvalue weighted by molar-refractivity contribution is 5.86. The Morgan fingerprint density at radius 2 is 1.86 bits per heavy atom.